The summed E-state index contributed by atoms with van der Waals surface area (Å²) < 4.78 is 40.7. The minimum atomic E-state index is -4.49. The standard InChI is InChI=1S/C15H13F3N4O/c16-15(17,18)12(11-7-20-3-4-21-11)13-10-2-1-8(14(19)23)5-9(10)6-22-13/h1-5,7,12-13,22H,6H2,(H2,19,23)/t12-,13?/m0/s1. The van der Waals surface area contributed by atoms with Crippen molar-refractivity contribution in [3.63, 3.8) is 0 Å². The molecule has 0 bridgehead atoms. The Balaban J connectivity index is 2.03. The molecule has 0 saturated carbocycles. The molecule has 3 N–H and O–H groups in total. The highest BCUT2D eigenvalue weighted by atomic mass is 19.4. The molecule has 0 radical (unpaired) electrons. The van der Waals surface area contributed by atoms with Gasteiger partial charge in [0, 0.05) is 36.7 Å². The molecule has 1 aliphatic rings. The number of rotatable bonds is 3. The van der Waals surface area contributed by atoms with Crippen molar-refractivity contribution in [2.75, 3.05) is 0 Å². The van der Waals surface area contributed by atoms with Crippen LogP contribution in [0.2, 0.25) is 0 Å². The van der Waals surface area contributed by atoms with Gasteiger partial charge < -0.3 is 11.1 Å². The molecular formula is C15H13F3N4O. The lowest BCUT2D eigenvalue weighted by atomic mass is 9.89. The van der Waals surface area contributed by atoms with E-state index in [0.29, 0.717) is 11.1 Å². The maximum atomic E-state index is 13.6. The Labute approximate surface area is 129 Å². The van der Waals surface area contributed by atoms with Crippen molar-refractivity contribution in [1.29, 1.82) is 0 Å². The third kappa shape index (κ3) is 2.89. The SMILES string of the molecule is NC(=O)c1ccc2c(c1)CNC2[C@H](c1cnccn1)C(F)(F)F. The number of hydrogen-bond acceptors (Lipinski definition) is 4. The van der Waals surface area contributed by atoms with Gasteiger partial charge in [-0.05, 0) is 23.3 Å². The van der Waals surface area contributed by atoms with Gasteiger partial charge in [0.1, 0.15) is 5.92 Å². The largest absolute Gasteiger partial charge is 0.399 e. The van der Waals surface area contributed by atoms with E-state index in [1.165, 1.54) is 30.6 Å². The van der Waals surface area contributed by atoms with Gasteiger partial charge in [0.25, 0.3) is 0 Å². The Bertz CT molecular complexity index is 733. The molecule has 0 fully saturated rings. The van der Waals surface area contributed by atoms with Crippen molar-refractivity contribution in [2.45, 2.75) is 24.7 Å². The van der Waals surface area contributed by atoms with E-state index in [1.54, 1.807) is 0 Å². The number of carbonyl (C=O) groups is 1. The van der Waals surface area contributed by atoms with Crippen LogP contribution in [0, 0.1) is 0 Å². The van der Waals surface area contributed by atoms with Crippen LogP contribution in [0.3, 0.4) is 0 Å². The van der Waals surface area contributed by atoms with Crippen LogP contribution in [0.15, 0.2) is 36.8 Å². The summed E-state index contributed by atoms with van der Waals surface area (Å²) in [6.07, 6.45) is -0.806. The quantitative estimate of drug-likeness (QED) is 0.906. The van der Waals surface area contributed by atoms with Crippen LogP contribution >= 0.6 is 0 Å². The second-order valence-corrected chi connectivity index (χ2v) is 5.29. The molecule has 8 heteroatoms. The average molecular weight is 322 g/mol. The van der Waals surface area contributed by atoms with Crippen LogP contribution in [0.4, 0.5) is 13.2 Å². The molecule has 1 aromatic carbocycles. The lowest BCUT2D eigenvalue weighted by molar-refractivity contribution is -0.158. The van der Waals surface area contributed by atoms with Gasteiger partial charge in [-0.3, -0.25) is 14.8 Å². The number of aromatic nitrogens is 2. The fourth-order valence-corrected chi connectivity index (χ4v) is 2.84. The van der Waals surface area contributed by atoms with Crippen LogP contribution in [-0.4, -0.2) is 22.1 Å². The van der Waals surface area contributed by atoms with Crippen LogP contribution < -0.4 is 11.1 Å². The number of nitrogens with zero attached hydrogens (tertiary/aromatic N) is 2. The molecule has 120 valence electrons. The number of amides is 1. The Morgan fingerprint density at radius 1 is 1.35 bits per heavy atom. The molecule has 5 nitrogen and oxygen atoms in total. The molecule has 0 aliphatic carbocycles. The van der Waals surface area contributed by atoms with E-state index in [2.05, 4.69) is 15.3 Å². The molecule has 1 amide bonds. The number of benzene rings is 1. The summed E-state index contributed by atoms with van der Waals surface area (Å²) in [6.45, 7) is 0.230. The number of carbonyl (C=O) groups excluding carboxylic acids is 1. The van der Waals surface area contributed by atoms with Gasteiger partial charge >= 0.3 is 6.18 Å². The number of hydrogen-bond donors (Lipinski definition) is 2. The maximum absolute atomic E-state index is 13.6. The summed E-state index contributed by atoms with van der Waals surface area (Å²) in [5, 5.41) is 2.85. The lowest BCUT2D eigenvalue weighted by Crippen LogP contribution is -2.32. The van der Waals surface area contributed by atoms with Crippen molar-refractivity contribution < 1.29 is 18.0 Å². The second kappa shape index (κ2) is 5.62. The first-order valence-electron chi connectivity index (χ1n) is 6.86. The van der Waals surface area contributed by atoms with Gasteiger partial charge in [-0.2, -0.15) is 13.2 Å². The van der Waals surface area contributed by atoms with Gasteiger partial charge in [-0.25, -0.2) is 0 Å². The van der Waals surface area contributed by atoms with Gasteiger partial charge in [0.05, 0.1) is 5.69 Å². The normalized spacial score (nSPS) is 18.5. The molecule has 2 atom stereocenters. The van der Waals surface area contributed by atoms with E-state index in [0.717, 1.165) is 6.20 Å². The molecule has 3 rings (SSSR count). The third-order valence-corrected chi connectivity index (χ3v) is 3.86. The topological polar surface area (TPSA) is 80.9 Å². The average Bonchev–Trinajstić information content (AvgIpc) is 2.90. The van der Waals surface area contributed by atoms with Gasteiger partial charge in [-0.15, -0.1) is 0 Å². The Hall–Kier alpha value is -2.48. The third-order valence-electron chi connectivity index (χ3n) is 3.86. The summed E-state index contributed by atoms with van der Waals surface area (Å²) in [7, 11) is 0. The molecule has 1 unspecified atom stereocenters. The van der Waals surface area contributed by atoms with Crippen LogP contribution in [0.5, 0.6) is 0 Å². The summed E-state index contributed by atoms with van der Waals surface area (Å²) in [5.41, 5.74) is 6.45. The Morgan fingerprint density at radius 3 is 2.74 bits per heavy atom. The number of halogens is 3. The maximum Gasteiger partial charge on any atom is 0.399 e. The van der Waals surface area contributed by atoms with Gasteiger partial charge in [0.15, 0.2) is 0 Å². The highest BCUT2D eigenvalue weighted by Gasteiger charge is 2.49. The van der Waals surface area contributed by atoms with Crippen molar-refractivity contribution in [2.24, 2.45) is 5.73 Å². The minimum absolute atomic E-state index is 0.149. The predicted molar refractivity (Wildman–Crippen MR) is 75.4 cm³/mol. The van der Waals surface area contributed by atoms with Crippen molar-refractivity contribution in [1.82, 2.24) is 15.3 Å². The molecule has 1 aromatic heterocycles. The highest BCUT2D eigenvalue weighted by Crippen LogP contribution is 2.45. The summed E-state index contributed by atoms with van der Waals surface area (Å²) in [5.74, 6) is -2.44. The van der Waals surface area contributed by atoms with Crippen LogP contribution in [0.25, 0.3) is 0 Å². The number of primary amides is 1. The van der Waals surface area contributed by atoms with E-state index in [1.807, 2.05) is 0 Å². The fraction of sp³-hybridized carbons (Fsp3) is 0.267. The lowest BCUT2D eigenvalue weighted by Gasteiger charge is -2.26. The van der Waals surface area contributed by atoms with E-state index < -0.39 is 24.0 Å². The minimum Gasteiger partial charge on any atom is -0.366 e. The van der Waals surface area contributed by atoms with Crippen molar-refractivity contribution >= 4 is 5.91 Å². The Kier molecular flexibility index (Phi) is 3.77. The summed E-state index contributed by atoms with van der Waals surface area (Å²) in [6, 6.07) is 3.48. The first-order valence-corrected chi connectivity index (χ1v) is 6.86. The monoisotopic (exact) mass is 322 g/mol. The van der Waals surface area contributed by atoms with Crippen molar-refractivity contribution in [3.8, 4) is 0 Å². The molecule has 0 saturated heterocycles. The molecular weight excluding hydrogens is 309 g/mol. The van der Waals surface area contributed by atoms with Gasteiger partial charge in [-0.1, -0.05) is 6.07 Å². The summed E-state index contributed by atoms with van der Waals surface area (Å²) in [4.78, 5) is 18.7. The van der Waals surface area contributed by atoms with Crippen LogP contribution in [0.1, 0.15) is 39.1 Å². The van der Waals surface area contributed by atoms with E-state index in [9.17, 15) is 18.0 Å². The molecule has 2 heterocycles. The number of alkyl halides is 3. The second-order valence-electron chi connectivity index (χ2n) is 5.29. The molecule has 1 aliphatic heterocycles. The first-order chi connectivity index (χ1) is 10.9. The zero-order chi connectivity index (χ0) is 16.6. The fourth-order valence-electron chi connectivity index (χ4n) is 2.84. The van der Waals surface area contributed by atoms with Crippen LogP contribution in [-0.2, 0) is 6.54 Å². The highest BCUT2D eigenvalue weighted by molar-refractivity contribution is 5.93. The smallest absolute Gasteiger partial charge is 0.366 e. The van der Waals surface area contributed by atoms with E-state index in [4.69, 9.17) is 5.73 Å². The molecule has 23 heavy (non-hydrogen) atoms. The zero-order valence-corrected chi connectivity index (χ0v) is 11.8. The van der Waals surface area contributed by atoms with E-state index in [-0.39, 0.29) is 17.8 Å². The van der Waals surface area contributed by atoms with Gasteiger partial charge in [0.2, 0.25) is 5.91 Å². The Morgan fingerprint density at radius 2 is 2.13 bits per heavy atom. The number of fused-ring (bicyclic) bond motifs is 1. The van der Waals surface area contributed by atoms with Crippen molar-refractivity contribution in [3.05, 3.63) is 59.2 Å². The summed E-state index contributed by atoms with van der Waals surface area (Å²) >= 11 is 0. The first kappa shape index (κ1) is 15.4. The molecule has 2 aromatic rings. The van der Waals surface area contributed by atoms with E-state index >= 15 is 0 Å². The number of nitrogens with one attached hydrogen (secondary N) is 1. The zero-order valence-electron chi connectivity index (χ0n) is 11.8. The number of nitrogens with two attached hydrogens (primary N) is 1. The molecule has 0 spiro atoms. The predicted octanol–water partition coefficient (Wildman–Crippen LogP) is 2.07.